The van der Waals surface area contributed by atoms with Crippen LogP contribution in [-0.4, -0.2) is 35.7 Å². The maximum absolute atomic E-state index is 14.0. The third-order valence-electron chi connectivity index (χ3n) is 6.66. The number of amides is 1. The van der Waals surface area contributed by atoms with Gasteiger partial charge in [-0.3, -0.25) is 4.79 Å². The summed E-state index contributed by atoms with van der Waals surface area (Å²) in [5.74, 6) is 0.676. The molecule has 3 aromatic rings. The minimum absolute atomic E-state index is 0.0581. The molecule has 0 radical (unpaired) electrons. The Kier molecular flexibility index (Phi) is 9.57. The molecule has 1 heterocycles. The zero-order valence-electron chi connectivity index (χ0n) is 22.5. The number of rotatable bonds is 13. The predicted molar refractivity (Wildman–Crippen MR) is 154 cm³/mol. The summed E-state index contributed by atoms with van der Waals surface area (Å²) >= 11 is 0. The van der Waals surface area contributed by atoms with Gasteiger partial charge < -0.3 is 19.9 Å². The number of aliphatic hydroxyl groups excluding tert-OH is 1. The Labute approximate surface area is 233 Å². The average molecular weight is 540 g/mol. The van der Waals surface area contributed by atoms with Gasteiger partial charge in [-0.15, -0.1) is 6.58 Å². The first kappa shape index (κ1) is 28.4. The lowest BCUT2D eigenvalue weighted by Crippen LogP contribution is -2.48. The first-order valence-corrected chi connectivity index (χ1v) is 13.1. The van der Waals surface area contributed by atoms with Crippen LogP contribution in [0.3, 0.4) is 0 Å². The molecule has 0 aromatic heterocycles. The molecule has 0 bridgehead atoms. The molecule has 9 heteroatoms. The van der Waals surface area contributed by atoms with E-state index in [0.717, 1.165) is 16.7 Å². The summed E-state index contributed by atoms with van der Waals surface area (Å²) in [4.78, 5) is 21.9. The molecule has 9 nitrogen and oxygen atoms in total. The summed E-state index contributed by atoms with van der Waals surface area (Å²) in [5, 5.41) is 15.8. The number of aryl methyl sites for hydroxylation is 1. The van der Waals surface area contributed by atoms with Crippen LogP contribution in [0, 0.1) is 6.92 Å². The Balaban J connectivity index is 1.72. The van der Waals surface area contributed by atoms with Gasteiger partial charge >= 0.3 is 0 Å². The number of hydrogen-bond donors (Lipinski definition) is 2. The van der Waals surface area contributed by atoms with E-state index in [1.807, 2.05) is 67.6 Å². The summed E-state index contributed by atoms with van der Waals surface area (Å²) in [6, 6.07) is 22.6. The van der Waals surface area contributed by atoms with Gasteiger partial charge in [-0.2, -0.15) is 0 Å². The standard InChI is InChI=1S/C31H33N5O4/c1-3-16-31(30(38)33-20-23-9-6-8-22(2)19-23)28(27-11-5-4-10-25(27)21-34-36-32)40-29(35-31)24-12-14-26(15-13-24)39-18-7-17-37/h3-6,8-15,19,28,37H,1,7,16-18,20-21H2,2H3,(H,33,38)/t28-,31-/m1/s1. The number of hydrogen-bond acceptors (Lipinski definition) is 6. The molecule has 0 saturated heterocycles. The molecule has 0 aliphatic carbocycles. The first-order chi connectivity index (χ1) is 19.5. The van der Waals surface area contributed by atoms with Gasteiger partial charge in [0.05, 0.1) is 13.2 Å². The highest BCUT2D eigenvalue weighted by Gasteiger charge is 2.52. The Morgan fingerprint density at radius 1 is 1.23 bits per heavy atom. The van der Waals surface area contributed by atoms with Crippen LogP contribution in [0.15, 0.2) is 95.6 Å². The molecule has 4 rings (SSSR count). The second kappa shape index (κ2) is 13.5. The highest BCUT2D eigenvalue weighted by molar-refractivity contribution is 6.01. The second-order valence-electron chi connectivity index (χ2n) is 9.54. The number of carbonyl (C=O) groups excluding carboxylic acids is 1. The van der Waals surface area contributed by atoms with Crippen LogP contribution in [0.5, 0.6) is 5.75 Å². The molecule has 40 heavy (non-hydrogen) atoms. The van der Waals surface area contributed by atoms with Gasteiger partial charge in [-0.05, 0) is 53.4 Å². The molecule has 0 unspecified atom stereocenters. The van der Waals surface area contributed by atoms with Crippen LogP contribution < -0.4 is 10.1 Å². The summed E-state index contributed by atoms with van der Waals surface area (Å²) in [7, 11) is 0. The molecule has 0 fully saturated rings. The Morgan fingerprint density at radius 2 is 2.02 bits per heavy atom. The third kappa shape index (κ3) is 6.51. The van der Waals surface area contributed by atoms with Crippen molar-refractivity contribution in [1.82, 2.24) is 5.32 Å². The van der Waals surface area contributed by atoms with Gasteiger partial charge in [-0.1, -0.05) is 65.3 Å². The first-order valence-electron chi connectivity index (χ1n) is 13.1. The van der Waals surface area contributed by atoms with Crippen LogP contribution in [0.2, 0.25) is 0 Å². The van der Waals surface area contributed by atoms with Crippen LogP contribution in [0.4, 0.5) is 0 Å². The van der Waals surface area contributed by atoms with E-state index >= 15 is 0 Å². The van der Waals surface area contributed by atoms with E-state index in [4.69, 9.17) is 25.1 Å². The van der Waals surface area contributed by atoms with Crippen LogP contribution in [0.25, 0.3) is 10.4 Å². The number of nitrogens with zero attached hydrogens (tertiary/aromatic N) is 4. The largest absolute Gasteiger partial charge is 0.494 e. The van der Waals surface area contributed by atoms with Crippen molar-refractivity contribution in [3.63, 3.8) is 0 Å². The number of carbonyl (C=O) groups is 1. The van der Waals surface area contributed by atoms with Gasteiger partial charge in [0.25, 0.3) is 5.91 Å². The van der Waals surface area contributed by atoms with Crippen molar-refractivity contribution in [2.75, 3.05) is 13.2 Å². The lowest BCUT2D eigenvalue weighted by Gasteiger charge is -2.30. The normalized spacial score (nSPS) is 17.8. The van der Waals surface area contributed by atoms with Crippen molar-refractivity contribution in [2.24, 2.45) is 10.1 Å². The lowest BCUT2D eigenvalue weighted by atomic mass is 9.82. The van der Waals surface area contributed by atoms with E-state index in [2.05, 4.69) is 21.9 Å². The van der Waals surface area contributed by atoms with Crippen molar-refractivity contribution in [3.05, 3.63) is 124 Å². The zero-order valence-corrected chi connectivity index (χ0v) is 22.5. The fourth-order valence-corrected chi connectivity index (χ4v) is 4.71. The minimum atomic E-state index is -1.34. The van der Waals surface area contributed by atoms with Gasteiger partial charge in [0.15, 0.2) is 11.6 Å². The molecule has 2 atom stereocenters. The predicted octanol–water partition coefficient (Wildman–Crippen LogP) is 5.72. The van der Waals surface area contributed by atoms with Gasteiger partial charge in [0, 0.05) is 36.5 Å². The fourth-order valence-electron chi connectivity index (χ4n) is 4.71. The molecule has 0 spiro atoms. The van der Waals surface area contributed by atoms with E-state index in [1.165, 1.54) is 0 Å². The van der Waals surface area contributed by atoms with Crippen LogP contribution >= 0.6 is 0 Å². The monoisotopic (exact) mass is 539 g/mol. The molecule has 1 aliphatic rings. The summed E-state index contributed by atoms with van der Waals surface area (Å²) < 4.78 is 12.1. The van der Waals surface area contributed by atoms with E-state index in [-0.39, 0.29) is 25.5 Å². The summed E-state index contributed by atoms with van der Waals surface area (Å²) in [6.07, 6.45) is 1.64. The van der Waals surface area contributed by atoms with Gasteiger partial charge in [0.2, 0.25) is 5.90 Å². The Bertz CT molecular complexity index is 1420. The topological polar surface area (TPSA) is 129 Å². The summed E-state index contributed by atoms with van der Waals surface area (Å²) in [6.45, 7) is 6.83. The van der Waals surface area contributed by atoms with E-state index in [9.17, 15) is 4.79 Å². The molecule has 1 amide bonds. The summed E-state index contributed by atoms with van der Waals surface area (Å²) in [5.41, 5.74) is 11.8. The SMILES string of the molecule is C=CC[C@@]1(C(=O)NCc2cccc(C)c2)N=C(c2ccc(OCCCO)cc2)O[C@@H]1c1ccccc1CN=[N+]=[N-]. The van der Waals surface area contributed by atoms with Crippen LogP contribution in [0.1, 0.15) is 46.8 Å². The molecular formula is C31H33N5O4. The minimum Gasteiger partial charge on any atom is -0.494 e. The van der Waals surface area contributed by atoms with E-state index < -0.39 is 11.6 Å². The van der Waals surface area contributed by atoms with Crippen LogP contribution in [-0.2, 0) is 22.6 Å². The number of nitrogens with one attached hydrogen (secondary N) is 1. The molecule has 206 valence electrons. The van der Waals surface area contributed by atoms with Crippen molar-refractivity contribution in [2.45, 2.75) is 44.5 Å². The molecule has 0 saturated carbocycles. The third-order valence-corrected chi connectivity index (χ3v) is 6.66. The number of ether oxygens (including phenoxy) is 2. The molecule has 3 aromatic carbocycles. The quantitative estimate of drug-likeness (QED) is 0.0947. The number of aliphatic imine (C=N–C) groups is 1. The van der Waals surface area contributed by atoms with Crippen molar-refractivity contribution < 1.29 is 19.4 Å². The van der Waals surface area contributed by atoms with E-state index in [1.54, 1.807) is 18.2 Å². The van der Waals surface area contributed by atoms with Crippen molar-refractivity contribution >= 4 is 11.8 Å². The number of benzene rings is 3. The van der Waals surface area contributed by atoms with E-state index in [0.29, 0.717) is 42.3 Å². The molecule has 1 aliphatic heterocycles. The van der Waals surface area contributed by atoms with Gasteiger partial charge in [-0.25, -0.2) is 4.99 Å². The Morgan fingerprint density at radius 3 is 2.75 bits per heavy atom. The molecular weight excluding hydrogens is 506 g/mol. The van der Waals surface area contributed by atoms with Crippen molar-refractivity contribution in [3.8, 4) is 5.75 Å². The number of aliphatic hydroxyl groups is 1. The maximum atomic E-state index is 14.0. The highest BCUT2D eigenvalue weighted by atomic mass is 16.5. The van der Waals surface area contributed by atoms with Gasteiger partial charge in [0.1, 0.15) is 5.75 Å². The maximum Gasteiger partial charge on any atom is 0.252 e. The smallest absolute Gasteiger partial charge is 0.252 e. The second-order valence-corrected chi connectivity index (χ2v) is 9.54. The van der Waals surface area contributed by atoms with Crippen molar-refractivity contribution in [1.29, 1.82) is 0 Å². The Hall–Kier alpha value is -4.59. The zero-order chi connectivity index (χ0) is 28.4. The number of azide groups is 1. The fraction of sp³-hybridized carbons (Fsp3) is 0.290. The lowest BCUT2D eigenvalue weighted by molar-refractivity contribution is -0.129. The average Bonchev–Trinajstić information content (AvgIpc) is 3.36. The molecule has 2 N–H and O–H groups in total. The highest BCUT2D eigenvalue weighted by Crippen LogP contribution is 2.44.